The number of pyridine rings is 1. The number of aromatic nitrogens is 1. The lowest BCUT2D eigenvalue weighted by molar-refractivity contribution is 0.0644. The first-order valence-electron chi connectivity index (χ1n) is 7.69. The zero-order chi connectivity index (χ0) is 15.4. The molecule has 1 N–H and O–H groups in total. The number of aryl methyl sites for hydroxylation is 1. The minimum Gasteiger partial charge on any atom is -0.385 e. The number of rotatable bonds is 4. The van der Waals surface area contributed by atoms with Crippen LogP contribution in [0.25, 0.3) is 0 Å². The summed E-state index contributed by atoms with van der Waals surface area (Å²) in [5.41, 5.74) is 2.46. The van der Waals surface area contributed by atoms with Gasteiger partial charge in [-0.1, -0.05) is 0 Å². The second-order valence-corrected chi connectivity index (χ2v) is 5.88. The molecule has 0 spiro atoms. The van der Waals surface area contributed by atoms with E-state index in [0.29, 0.717) is 5.56 Å². The van der Waals surface area contributed by atoms with Crippen molar-refractivity contribution in [3.8, 4) is 0 Å². The summed E-state index contributed by atoms with van der Waals surface area (Å²) in [5.74, 6) is 0.0544. The highest BCUT2D eigenvalue weighted by Crippen LogP contribution is 2.21. The average molecular weight is 290 g/mol. The van der Waals surface area contributed by atoms with Crippen molar-refractivity contribution in [2.24, 2.45) is 0 Å². The molecule has 116 valence electrons. The molecule has 5 heteroatoms. The molecule has 21 heavy (non-hydrogen) atoms. The summed E-state index contributed by atoms with van der Waals surface area (Å²) in [6.45, 7) is 6.82. The maximum absolute atomic E-state index is 12.8. The van der Waals surface area contributed by atoms with E-state index in [9.17, 15) is 4.79 Å². The van der Waals surface area contributed by atoms with Crippen LogP contribution in [0.15, 0.2) is 12.3 Å². The maximum atomic E-state index is 12.8. The fourth-order valence-electron chi connectivity index (χ4n) is 2.88. The average Bonchev–Trinajstić information content (AvgIpc) is 2.46. The summed E-state index contributed by atoms with van der Waals surface area (Å²) in [7, 11) is 4.02. The van der Waals surface area contributed by atoms with Crippen LogP contribution in [0.1, 0.15) is 35.8 Å². The number of carbonyl (C=O) groups is 1. The van der Waals surface area contributed by atoms with E-state index in [0.717, 1.165) is 43.9 Å². The van der Waals surface area contributed by atoms with Gasteiger partial charge in [-0.05, 0) is 46.3 Å². The molecule has 1 saturated heterocycles. The third kappa shape index (κ3) is 3.73. The standard InChI is InChI=1S/C16H26N4O/c1-5-17-15-9-12(2)18-10-14(15)16(21)20(4)13-7-6-8-19(3)11-13/h9-10,13H,5-8,11H2,1-4H3,(H,17,18). The quantitative estimate of drug-likeness (QED) is 0.921. The van der Waals surface area contributed by atoms with Gasteiger partial charge in [-0.25, -0.2) is 0 Å². The Morgan fingerprint density at radius 1 is 1.57 bits per heavy atom. The van der Waals surface area contributed by atoms with Crippen molar-refractivity contribution >= 4 is 11.6 Å². The molecule has 2 rings (SSSR count). The molecule has 5 nitrogen and oxygen atoms in total. The third-order valence-electron chi connectivity index (χ3n) is 4.11. The van der Waals surface area contributed by atoms with Gasteiger partial charge in [0.2, 0.25) is 0 Å². The largest absolute Gasteiger partial charge is 0.385 e. The number of hydrogen-bond acceptors (Lipinski definition) is 4. The minimum atomic E-state index is 0.0544. The summed E-state index contributed by atoms with van der Waals surface area (Å²) in [6.07, 6.45) is 3.91. The Morgan fingerprint density at radius 2 is 2.33 bits per heavy atom. The fourth-order valence-corrected chi connectivity index (χ4v) is 2.88. The van der Waals surface area contributed by atoms with Crippen molar-refractivity contribution in [1.82, 2.24) is 14.8 Å². The van der Waals surface area contributed by atoms with Gasteiger partial charge in [0.15, 0.2) is 0 Å². The van der Waals surface area contributed by atoms with E-state index in [1.807, 2.05) is 31.9 Å². The van der Waals surface area contributed by atoms with Crippen LogP contribution in [-0.2, 0) is 0 Å². The highest BCUT2D eigenvalue weighted by molar-refractivity contribution is 5.99. The molecular formula is C16H26N4O. The number of nitrogens with zero attached hydrogens (tertiary/aromatic N) is 3. The van der Waals surface area contributed by atoms with E-state index in [1.54, 1.807) is 6.20 Å². The lowest BCUT2D eigenvalue weighted by atomic mass is 10.0. The first-order chi connectivity index (χ1) is 10.0. The summed E-state index contributed by atoms with van der Waals surface area (Å²) in [5, 5.41) is 3.27. The van der Waals surface area contributed by atoms with Crippen molar-refractivity contribution in [3.05, 3.63) is 23.5 Å². The van der Waals surface area contributed by atoms with Gasteiger partial charge >= 0.3 is 0 Å². The smallest absolute Gasteiger partial charge is 0.257 e. The SMILES string of the molecule is CCNc1cc(C)ncc1C(=O)N(C)C1CCCN(C)C1. The van der Waals surface area contributed by atoms with Crippen LogP contribution >= 0.6 is 0 Å². The van der Waals surface area contributed by atoms with Crippen molar-refractivity contribution in [2.45, 2.75) is 32.7 Å². The Bertz CT molecular complexity index is 503. The summed E-state index contributed by atoms with van der Waals surface area (Å²) >= 11 is 0. The van der Waals surface area contributed by atoms with Gasteiger partial charge < -0.3 is 15.1 Å². The molecule has 1 fully saturated rings. The lowest BCUT2D eigenvalue weighted by Gasteiger charge is -2.36. The van der Waals surface area contributed by atoms with Gasteiger partial charge in [-0.15, -0.1) is 0 Å². The number of amides is 1. The number of anilines is 1. The van der Waals surface area contributed by atoms with Crippen LogP contribution < -0.4 is 5.32 Å². The van der Waals surface area contributed by atoms with E-state index in [2.05, 4.69) is 22.2 Å². The minimum absolute atomic E-state index is 0.0544. The number of likely N-dealkylation sites (N-methyl/N-ethyl adjacent to an activating group) is 2. The third-order valence-corrected chi connectivity index (χ3v) is 4.11. The maximum Gasteiger partial charge on any atom is 0.257 e. The summed E-state index contributed by atoms with van der Waals surface area (Å²) in [4.78, 5) is 21.2. The van der Waals surface area contributed by atoms with Crippen LogP contribution in [0.3, 0.4) is 0 Å². The Labute approximate surface area is 127 Å². The second kappa shape index (κ2) is 6.89. The fraction of sp³-hybridized carbons (Fsp3) is 0.625. The Kier molecular flexibility index (Phi) is 5.17. The topological polar surface area (TPSA) is 48.5 Å². The molecule has 0 saturated carbocycles. The lowest BCUT2D eigenvalue weighted by Crippen LogP contribution is -2.47. The molecule has 1 unspecified atom stereocenters. The van der Waals surface area contributed by atoms with Gasteiger partial charge in [-0.2, -0.15) is 0 Å². The highest BCUT2D eigenvalue weighted by Gasteiger charge is 2.26. The Balaban J connectivity index is 2.18. The summed E-state index contributed by atoms with van der Waals surface area (Å²) < 4.78 is 0. The molecular weight excluding hydrogens is 264 g/mol. The number of hydrogen-bond donors (Lipinski definition) is 1. The van der Waals surface area contributed by atoms with Crippen LogP contribution in [0, 0.1) is 6.92 Å². The first kappa shape index (κ1) is 15.8. The van der Waals surface area contributed by atoms with Gasteiger partial charge in [0.25, 0.3) is 5.91 Å². The van der Waals surface area contributed by atoms with Crippen LogP contribution in [-0.4, -0.2) is 60.5 Å². The van der Waals surface area contributed by atoms with E-state index >= 15 is 0 Å². The van der Waals surface area contributed by atoms with Crippen molar-refractivity contribution in [2.75, 3.05) is 39.0 Å². The molecule has 0 radical (unpaired) electrons. The highest BCUT2D eigenvalue weighted by atomic mass is 16.2. The number of carbonyl (C=O) groups excluding carboxylic acids is 1. The zero-order valence-corrected chi connectivity index (χ0v) is 13.5. The first-order valence-corrected chi connectivity index (χ1v) is 7.69. The zero-order valence-electron chi connectivity index (χ0n) is 13.5. The Morgan fingerprint density at radius 3 is 3.00 bits per heavy atom. The predicted molar refractivity (Wildman–Crippen MR) is 85.8 cm³/mol. The Hall–Kier alpha value is -1.62. The van der Waals surface area contributed by atoms with E-state index in [4.69, 9.17) is 0 Å². The number of likely N-dealkylation sites (tertiary alicyclic amines) is 1. The van der Waals surface area contributed by atoms with Crippen molar-refractivity contribution in [1.29, 1.82) is 0 Å². The number of piperidine rings is 1. The number of nitrogens with one attached hydrogen (secondary N) is 1. The van der Waals surface area contributed by atoms with Gasteiger partial charge in [0.05, 0.1) is 11.3 Å². The predicted octanol–water partition coefficient (Wildman–Crippen LogP) is 1.99. The molecule has 1 aromatic rings. The van der Waals surface area contributed by atoms with Gasteiger partial charge in [-0.3, -0.25) is 9.78 Å². The molecule has 1 aliphatic heterocycles. The van der Waals surface area contributed by atoms with E-state index in [1.165, 1.54) is 0 Å². The van der Waals surface area contributed by atoms with Gasteiger partial charge in [0, 0.05) is 38.1 Å². The van der Waals surface area contributed by atoms with E-state index < -0.39 is 0 Å². The monoisotopic (exact) mass is 290 g/mol. The van der Waals surface area contributed by atoms with Crippen LogP contribution in [0.5, 0.6) is 0 Å². The van der Waals surface area contributed by atoms with Crippen molar-refractivity contribution in [3.63, 3.8) is 0 Å². The second-order valence-electron chi connectivity index (χ2n) is 5.88. The van der Waals surface area contributed by atoms with Crippen LogP contribution in [0.2, 0.25) is 0 Å². The molecule has 1 atom stereocenters. The van der Waals surface area contributed by atoms with E-state index in [-0.39, 0.29) is 11.9 Å². The molecule has 0 aromatic carbocycles. The molecule has 0 bridgehead atoms. The molecule has 1 aromatic heterocycles. The van der Waals surface area contributed by atoms with Crippen LogP contribution in [0.4, 0.5) is 5.69 Å². The molecule has 2 heterocycles. The molecule has 1 aliphatic rings. The molecule has 1 amide bonds. The van der Waals surface area contributed by atoms with Gasteiger partial charge in [0.1, 0.15) is 0 Å². The summed E-state index contributed by atoms with van der Waals surface area (Å²) in [6, 6.07) is 2.23. The molecule has 0 aliphatic carbocycles. The van der Waals surface area contributed by atoms with Crippen molar-refractivity contribution < 1.29 is 4.79 Å². The normalized spacial score (nSPS) is 19.3.